The second kappa shape index (κ2) is 2.47. The highest BCUT2D eigenvalue weighted by Crippen LogP contribution is 2.36. The van der Waals surface area contributed by atoms with E-state index in [0.717, 1.165) is 25.7 Å². The Morgan fingerprint density at radius 1 is 1.62 bits per heavy atom. The summed E-state index contributed by atoms with van der Waals surface area (Å²) in [5.41, 5.74) is 0. The van der Waals surface area contributed by atoms with Gasteiger partial charge in [-0.3, -0.25) is 0 Å². The Morgan fingerprint density at radius 3 is 2.62 bits per heavy atom. The Morgan fingerprint density at radius 2 is 2.25 bits per heavy atom. The van der Waals surface area contributed by atoms with E-state index in [0.29, 0.717) is 5.92 Å². The first kappa shape index (κ1) is 6.06. The molecule has 0 aromatic heterocycles. The van der Waals surface area contributed by atoms with Crippen molar-refractivity contribution in [3.63, 3.8) is 0 Å². The normalized spacial score (nSPS) is 23.2. The second-order valence-corrected chi connectivity index (χ2v) is 2.64. The molecular weight excluding hydrogens is 103 g/mol. The molecule has 0 aromatic carbocycles. The van der Waals surface area contributed by atoms with Crippen molar-refractivity contribution in [1.29, 1.82) is 0 Å². The van der Waals surface area contributed by atoms with Gasteiger partial charge in [-0.05, 0) is 25.2 Å². The average molecular weight is 116 g/mol. The van der Waals surface area contributed by atoms with E-state index in [-0.39, 0.29) is 0 Å². The highest BCUT2D eigenvalue weighted by Gasteiger charge is 2.29. The van der Waals surface area contributed by atoms with E-state index in [4.69, 9.17) is 0 Å². The third-order valence-corrected chi connectivity index (χ3v) is 1.70. The molecule has 1 unspecified atom stereocenters. The van der Waals surface area contributed by atoms with E-state index >= 15 is 0 Å². The van der Waals surface area contributed by atoms with Crippen LogP contribution < -0.4 is 0 Å². The third kappa shape index (κ3) is 1.46. The molecule has 8 heavy (non-hydrogen) atoms. The van der Waals surface area contributed by atoms with Crippen molar-refractivity contribution < 1.29 is 4.39 Å². The van der Waals surface area contributed by atoms with Crippen molar-refractivity contribution in [1.82, 2.24) is 0 Å². The molecule has 0 amide bonds. The van der Waals surface area contributed by atoms with E-state index < -0.39 is 6.17 Å². The summed E-state index contributed by atoms with van der Waals surface area (Å²) in [6.07, 6.45) is 3.59. The van der Waals surface area contributed by atoms with Crippen LogP contribution in [0.5, 0.6) is 0 Å². The van der Waals surface area contributed by atoms with Crippen molar-refractivity contribution in [3.05, 3.63) is 0 Å². The molecule has 0 N–H and O–H groups in total. The molecule has 1 aliphatic rings. The lowest BCUT2D eigenvalue weighted by molar-refractivity contribution is 0.277. The number of halogens is 1. The fraction of sp³-hybridized carbons (Fsp3) is 1.00. The first-order chi connectivity index (χ1) is 3.84. The van der Waals surface area contributed by atoms with E-state index in [2.05, 4.69) is 0 Å². The zero-order valence-corrected chi connectivity index (χ0v) is 5.36. The van der Waals surface area contributed by atoms with Crippen molar-refractivity contribution in [3.8, 4) is 0 Å². The maximum atomic E-state index is 12.6. The van der Waals surface area contributed by atoms with Gasteiger partial charge in [0.2, 0.25) is 0 Å². The number of rotatable bonds is 3. The molecule has 0 aliphatic heterocycles. The van der Waals surface area contributed by atoms with Crippen LogP contribution in [0.2, 0.25) is 0 Å². The van der Waals surface area contributed by atoms with Crippen molar-refractivity contribution in [2.45, 2.75) is 38.8 Å². The second-order valence-electron chi connectivity index (χ2n) is 2.64. The molecule has 1 rings (SSSR count). The van der Waals surface area contributed by atoms with Gasteiger partial charge in [-0.15, -0.1) is 0 Å². The summed E-state index contributed by atoms with van der Waals surface area (Å²) in [7, 11) is 0. The Hall–Kier alpha value is -0.0700. The van der Waals surface area contributed by atoms with Gasteiger partial charge in [0.15, 0.2) is 0 Å². The van der Waals surface area contributed by atoms with Crippen molar-refractivity contribution in [2.75, 3.05) is 0 Å². The van der Waals surface area contributed by atoms with Crippen LogP contribution in [-0.2, 0) is 0 Å². The van der Waals surface area contributed by atoms with Crippen LogP contribution in [0, 0.1) is 5.92 Å². The van der Waals surface area contributed by atoms with Gasteiger partial charge in [-0.2, -0.15) is 0 Å². The van der Waals surface area contributed by atoms with Gasteiger partial charge in [-0.1, -0.05) is 13.3 Å². The summed E-state index contributed by atoms with van der Waals surface area (Å²) in [5.74, 6) is 0.454. The molecule has 0 radical (unpaired) electrons. The maximum Gasteiger partial charge on any atom is 0.103 e. The van der Waals surface area contributed by atoms with Crippen LogP contribution in [0.3, 0.4) is 0 Å². The van der Waals surface area contributed by atoms with Gasteiger partial charge >= 0.3 is 0 Å². The largest absolute Gasteiger partial charge is 0.247 e. The van der Waals surface area contributed by atoms with Crippen LogP contribution in [0.1, 0.15) is 32.6 Å². The molecule has 48 valence electrons. The standard InChI is InChI=1S/C7H13F/c1-2-3-7(8)6-4-5-6/h6-7H,2-5H2,1H3. The van der Waals surface area contributed by atoms with Crippen LogP contribution in [0.4, 0.5) is 4.39 Å². The minimum atomic E-state index is -0.472. The predicted octanol–water partition coefficient (Wildman–Crippen LogP) is 2.53. The molecule has 1 saturated carbocycles. The van der Waals surface area contributed by atoms with Crippen LogP contribution in [0.25, 0.3) is 0 Å². The van der Waals surface area contributed by atoms with Gasteiger partial charge in [0.1, 0.15) is 6.17 Å². The molecule has 0 heterocycles. The van der Waals surface area contributed by atoms with E-state index in [9.17, 15) is 4.39 Å². The molecule has 0 saturated heterocycles. The Balaban J connectivity index is 2.03. The van der Waals surface area contributed by atoms with Gasteiger partial charge in [0.05, 0.1) is 0 Å². The molecular formula is C7H13F. The van der Waals surface area contributed by atoms with Gasteiger partial charge < -0.3 is 0 Å². The summed E-state index contributed by atoms with van der Waals surface area (Å²) in [6.45, 7) is 2.04. The SMILES string of the molecule is CCCC(F)C1CC1. The summed E-state index contributed by atoms with van der Waals surface area (Å²) >= 11 is 0. The van der Waals surface area contributed by atoms with E-state index in [1.165, 1.54) is 0 Å². The monoisotopic (exact) mass is 116 g/mol. The molecule has 1 heteroatoms. The third-order valence-electron chi connectivity index (χ3n) is 1.70. The van der Waals surface area contributed by atoms with Crippen LogP contribution >= 0.6 is 0 Å². The first-order valence-corrected chi connectivity index (χ1v) is 3.48. The van der Waals surface area contributed by atoms with E-state index in [1.54, 1.807) is 0 Å². The lowest BCUT2D eigenvalue weighted by Gasteiger charge is -2.00. The molecule has 1 aliphatic carbocycles. The van der Waals surface area contributed by atoms with Crippen molar-refractivity contribution >= 4 is 0 Å². The number of alkyl halides is 1. The number of hydrogen-bond donors (Lipinski definition) is 0. The summed E-state index contributed by atoms with van der Waals surface area (Å²) in [4.78, 5) is 0. The summed E-state index contributed by atoms with van der Waals surface area (Å²) in [6, 6.07) is 0. The van der Waals surface area contributed by atoms with Gasteiger partial charge in [-0.25, -0.2) is 4.39 Å². The van der Waals surface area contributed by atoms with Crippen molar-refractivity contribution in [2.24, 2.45) is 5.92 Å². The molecule has 0 spiro atoms. The lowest BCUT2D eigenvalue weighted by Crippen LogP contribution is -2.00. The average Bonchev–Trinajstić information content (AvgIpc) is 2.45. The quantitative estimate of drug-likeness (QED) is 0.531. The topological polar surface area (TPSA) is 0 Å². The smallest absolute Gasteiger partial charge is 0.103 e. The van der Waals surface area contributed by atoms with Crippen LogP contribution in [-0.4, -0.2) is 6.17 Å². The minimum Gasteiger partial charge on any atom is -0.247 e. The van der Waals surface area contributed by atoms with E-state index in [1.807, 2.05) is 6.92 Å². The lowest BCUT2D eigenvalue weighted by atomic mass is 10.1. The summed E-state index contributed by atoms with van der Waals surface area (Å²) in [5, 5.41) is 0. The highest BCUT2D eigenvalue weighted by molar-refractivity contribution is 4.80. The molecule has 1 fully saturated rings. The number of hydrogen-bond acceptors (Lipinski definition) is 0. The Labute approximate surface area is 50.1 Å². The van der Waals surface area contributed by atoms with Gasteiger partial charge in [0, 0.05) is 0 Å². The first-order valence-electron chi connectivity index (χ1n) is 3.48. The highest BCUT2D eigenvalue weighted by atomic mass is 19.1. The fourth-order valence-corrected chi connectivity index (χ4v) is 0.969. The molecule has 1 atom stereocenters. The summed E-state index contributed by atoms with van der Waals surface area (Å²) < 4.78 is 12.6. The Bertz CT molecular complexity index is 66.8. The zero-order chi connectivity index (χ0) is 5.98. The molecule has 0 aromatic rings. The fourth-order valence-electron chi connectivity index (χ4n) is 0.969. The van der Waals surface area contributed by atoms with Crippen LogP contribution in [0.15, 0.2) is 0 Å². The minimum absolute atomic E-state index is 0.454. The maximum absolute atomic E-state index is 12.6. The molecule has 0 bridgehead atoms. The zero-order valence-electron chi connectivity index (χ0n) is 5.36. The predicted molar refractivity (Wildman–Crippen MR) is 32.5 cm³/mol. The van der Waals surface area contributed by atoms with Gasteiger partial charge in [0.25, 0.3) is 0 Å². The molecule has 0 nitrogen and oxygen atoms in total. The Kier molecular flexibility index (Phi) is 1.87.